The predicted octanol–water partition coefficient (Wildman–Crippen LogP) is 3.29. The predicted molar refractivity (Wildman–Crippen MR) is 139 cm³/mol. The zero-order valence-electron chi connectivity index (χ0n) is 19.3. The van der Waals surface area contributed by atoms with E-state index >= 15 is 0 Å². The highest BCUT2D eigenvalue weighted by atomic mass is 127. The fraction of sp³-hybridized carbons (Fsp3) is 0.458. The topological polar surface area (TPSA) is 67.4 Å². The second kappa shape index (κ2) is 14.9. The molecule has 0 spiro atoms. The van der Waals surface area contributed by atoms with Crippen molar-refractivity contribution in [3.63, 3.8) is 0 Å². The van der Waals surface area contributed by atoms with E-state index in [0.29, 0.717) is 31.4 Å². The molecule has 0 bridgehead atoms. The van der Waals surface area contributed by atoms with Crippen LogP contribution >= 0.6 is 24.0 Å². The Labute approximate surface area is 212 Å². The third kappa shape index (κ3) is 10.1. The molecular formula is C24H34FIN4O3. The molecule has 1 atom stereocenters. The van der Waals surface area contributed by atoms with Gasteiger partial charge in [-0.3, -0.25) is 9.89 Å². The van der Waals surface area contributed by atoms with Crippen LogP contribution in [0.4, 0.5) is 4.39 Å². The number of rotatable bonds is 10. The monoisotopic (exact) mass is 572 g/mol. The Morgan fingerprint density at radius 3 is 2.64 bits per heavy atom. The van der Waals surface area contributed by atoms with E-state index in [-0.39, 0.29) is 35.9 Å². The first-order valence-electron chi connectivity index (χ1n) is 11.0. The smallest absolute Gasteiger partial charge is 0.191 e. The first kappa shape index (κ1) is 27.1. The largest absolute Gasteiger partial charge is 0.492 e. The van der Waals surface area contributed by atoms with Gasteiger partial charge >= 0.3 is 0 Å². The number of nitrogens with zero attached hydrogens (tertiary/aromatic N) is 2. The van der Waals surface area contributed by atoms with Gasteiger partial charge in [-0.2, -0.15) is 0 Å². The Morgan fingerprint density at radius 2 is 1.88 bits per heavy atom. The molecule has 0 aromatic heterocycles. The number of aliphatic imine (C=N–C) groups is 1. The summed E-state index contributed by atoms with van der Waals surface area (Å²) in [6, 6.07) is 14.2. The van der Waals surface area contributed by atoms with Crippen molar-refractivity contribution in [3.05, 3.63) is 59.9 Å². The van der Waals surface area contributed by atoms with Gasteiger partial charge in [0.05, 0.1) is 19.8 Å². The van der Waals surface area contributed by atoms with Crippen LogP contribution in [0, 0.1) is 5.82 Å². The zero-order valence-corrected chi connectivity index (χ0v) is 21.6. The molecule has 1 heterocycles. The van der Waals surface area contributed by atoms with Crippen LogP contribution in [0.15, 0.2) is 53.5 Å². The average Bonchev–Trinajstić information content (AvgIpc) is 2.80. The van der Waals surface area contributed by atoms with E-state index in [1.54, 1.807) is 19.2 Å². The molecular weight excluding hydrogens is 538 g/mol. The van der Waals surface area contributed by atoms with E-state index in [1.807, 2.05) is 31.2 Å². The van der Waals surface area contributed by atoms with Crippen LogP contribution in [0.3, 0.4) is 0 Å². The van der Waals surface area contributed by atoms with Gasteiger partial charge in [-0.15, -0.1) is 24.0 Å². The Bertz CT molecular complexity index is 865. The Hall–Kier alpha value is -2.11. The van der Waals surface area contributed by atoms with Gasteiger partial charge in [-0.25, -0.2) is 4.39 Å². The molecule has 1 aliphatic rings. The van der Waals surface area contributed by atoms with Gasteiger partial charge in [0, 0.05) is 39.3 Å². The third-order valence-corrected chi connectivity index (χ3v) is 5.05. The number of ether oxygens (including phenoxy) is 3. The lowest BCUT2D eigenvalue weighted by molar-refractivity contribution is 0.0322. The molecule has 0 radical (unpaired) electrons. The van der Waals surface area contributed by atoms with E-state index < -0.39 is 0 Å². The maximum Gasteiger partial charge on any atom is 0.191 e. The maximum absolute atomic E-state index is 13.3. The number of benzene rings is 2. The average molecular weight is 572 g/mol. The number of halogens is 2. The van der Waals surface area contributed by atoms with Crippen LogP contribution in [0.1, 0.15) is 12.5 Å². The molecule has 7 nitrogen and oxygen atoms in total. The van der Waals surface area contributed by atoms with Crippen LogP contribution < -0.4 is 20.1 Å². The van der Waals surface area contributed by atoms with E-state index in [1.165, 1.54) is 12.1 Å². The van der Waals surface area contributed by atoms with Gasteiger partial charge in [0.2, 0.25) is 0 Å². The molecule has 2 aromatic rings. The summed E-state index contributed by atoms with van der Waals surface area (Å²) in [6.07, 6.45) is -0.154. The highest BCUT2D eigenvalue weighted by molar-refractivity contribution is 14.0. The van der Waals surface area contributed by atoms with E-state index in [0.717, 1.165) is 44.2 Å². The molecule has 1 saturated heterocycles. The van der Waals surface area contributed by atoms with Crippen LogP contribution in [0.25, 0.3) is 0 Å². The minimum Gasteiger partial charge on any atom is -0.492 e. The first-order valence-corrected chi connectivity index (χ1v) is 11.0. The quantitative estimate of drug-likeness (QED) is 0.259. The second-order valence-corrected chi connectivity index (χ2v) is 7.64. The molecule has 33 heavy (non-hydrogen) atoms. The SMILES string of the molecule is CN=C(NCc1cccc(OCCN2CCOCC2)c1)NCC(C)Oc1cccc(F)c1.I. The lowest BCUT2D eigenvalue weighted by atomic mass is 10.2. The fourth-order valence-corrected chi connectivity index (χ4v) is 3.32. The minimum absolute atomic E-state index is 0. The van der Waals surface area contributed by atoms with Crippen molar-refractivity contribution in [2.75, 3.05) is 53.0 Å². The molecule has 1 fully saturated rings. The molecule has 1 unspecified atom stereocenters. The molecule has 3 rings (SSSR count). The van der Waals surface area contributed by atoms with Crippen LogP contribution in [0.5, 0.6) is 11.5 Å². The minimum atomic E-state index is -0.313. The van der Waals surface area contributed by atoms with E-state index in [9.17, 15) is 4.39 Å². The van der Waals surface area contributed by atoms with Crippen LogP contribution in [-0.4, -0.2) is 70.0 Å². The maximum atomic E-state index is 13.3. The number of hydrogen-bond donors (Lipinski definition) is 2. The first-order chi connectivity index (χ1) is 15.6. The number of hydrogen-bond acceptors (Lipinski definition) is 5. The van der Waals surface area contributed by atoms with Crippen molar-refractivity contribution in [1.29, 1.82) is 0 Å². The fourth-order valence-electron chi connectivity index (χ4n) is 3.32. The van der Waals surface area contributed by atoms with E-state index in [4.69, 9.17) is 14.2 Å². The normalized spacial score (nSPS) is 15.3. The van der Waals surface area contributed by atoms with Gasteiger partial charge in [-0.05, 0) is 36.8 Å². The van der Waals surface area contributed by atoms with Gasteiger partial charge in [0.1, 0.15) is 30.0 Å². The Kier molecular flexibility index (Phi) is 12.3. The number of nitrogens with one attached hydrogen (secondary N) is 2. The van der Waals surface area contributed by atoms with Crippen molar-refractivity contribution in [2.45, 2.75) is 19.6 Å². The number of morpholine rings is 1. The zero-order chi connectivity index (χ0) is 22.6. The van der Waals surface area contributed by atoms with Crippen molar-refractivity contribution in [2.24, 2.45) is 4.99 Å². The number of guanidine groups is 1. The van der Waals surface area contributed by atoms with Crippen molar-refractivity contribution in [1.82, 2.24) is 15.5 Å². The third-order valence-electron chi connectivity index (χ3n) is 5.05. The van der Waals surface area contributed by atoms with Crippen LogP contribution in [0.2, 0.25) is 0 Å². The molecule has 182 valence electrons. The molecule has 0 aliphatic carbocycles. The van der Waals surface area contributed by atoms with Gasteiger partial charge < -0.3 is 24.8 Å². The molecule has 9 heteroatoms. The molecule has 2 N–H and O–H groups in total. The Balaban J connectivity index is 0.00000385. The molecule has 1 aliphatic heterocycles. The standard InChI is InChI=1S/C24H33FN4O3.HI/c1-19(32-23-8-4-6-21(25)16-23)17-27-24(26-2)28-18-20-5-3-7-22(15-20)31-14-11-29-9-12-30-13-10-29;/h3-8,15-16,19H,9-14,17-18H2,1-2H3,(H2,26,27,28);1H. The lowest BCUT2D eigenvalue weighted by Gasteiger charge is -2.26. The lowest BCUT2D eigenvalue weighted by Crippen LogP contribution is -2.41. The van der Waals surface area contributed by atoms with E-state index in [2.05, 4.69) is 20.5 Å². The highest BCUT2D eigenvalue weighted by Gasteiger charge is 2.10. The highest BCUT2D eigenvalue weighted by Crippen LogP contribution is 2.14. The van der Waals surface area contributed by atoms with Crippen molar-refractivity contribution >= 4 is 29.9 Å². The molecule has 0 amide bonds. The Morgan fingerprint density at radius 1 is 1.12 bits per heavy atom. The van der Waals surface area contributed by atoms with Gasteiger partial charge in [-0.1, -0.05) is 18.2 Å². The summed E-state index contributed by atoms with van der Waals surface area (Å²) in [6.45, 7) is 8.14. The summed E-state index contributed by atoms with van der Waals surface area (Å²) in [5, 5.41) is 6.53. The second-order valence-electron chi connectivity index (χ2n) is 7.64. The summed E-state index contributed by atoms with van der Waals surface area (Å²) in [5.74, 6) is 1.72. The summed E-state index contributed by atoms with van der Waals surface area (Å²) >= 11 is 0. The molecule has 0 saturated carbocycles. The van der Waals surface area contributed by atoms with Gasteiger partial charge in [0.15, 0.2) is 5.96 Å². The molecule has 2 aromatic carbocycles. The van der Waals surface area contributed by atoms with Crippen molar-refractivity contribution < 1.29 is 18.6 Å². The summed E-state index contributed by atoms with van der Waals surface area (Å²) in [4.78, 5) is 6.60. The summed E-state index contributed by atoms with van der Waals surface area (Å²) in [5.41, 5.74) is 1.10. The van der Waals surface area contributed by atoms with Gasteiger partial charge in [0.25, 0.3) is 0 Å². The van der Waals surface area contributed by atoms with Crippen molar-refractivity contribution in [3.8, 4) is 11.5 Å². The summed E-state index contributed by atoms with van der Waals surface area (Å²) < 4.78 is 30.3. The summed E-state index contributed by atoms with van der Waals surface area (Å²) in [7, 11) is 1.72. The van der Waals surface area contributed by atoms with Crippen LogP contribution in [-0.2, 0) is 11.3 Å².